The molecule has 1 heterocycles. The number of amides is 2. The van der Waals surface area contributed by atoms with Gasteiger partial charge in [-0.1, -0.05) is 15.9 Å². The number of halogens is 2. The van der Waals surface area contributed by atoms with Crippen molar-refractivity contribution in [3.05, 3.63) is 34.1 Å². The van der Waals surface area contributed by atoms with Gasteiger partial charge in [-0.3, -0.25) is 9.59 Å². The van der Waals surface area contributed by atoms with E-state index in [2.05, 4.69) is 21.2 Å². The van der Waals surface area contributed by atoms with Crippen LogP contribution in [0, 0.1) is 11.7 Å². The van der Waals surface area contributed by atoms with E-state index in [0.29, 0.717) is 5.56 Å². The van der Waals surface area contributed by atoms with Crippen LogP contribution in [0.3, 0.4) is 0 Å². The van der Waals surface area contributed by atoms with Gasteiger partial charge in [-0.05, 0) is 37.0 Å². The first-order valence-corrected chi connectivity index (χ1v) is 7.36. The summed E-state index contributed by atoms with van der Waals surface area (Å²) in [7, 11) is 0. The molecule has 0 bridgehead atoms. The van der Waals surface area contributed by atoms with Gasteiger partial charge in [0.25, 0.3) is 0 Å². The molecule has 3 rings (SSSR count). The van der Waals surface area contributed by atoms with Gasteiger partial charge in [0.2, 0.25) is 11.8 Å². The van der Waals surface area contributed by atoms with Gasteiger partial charge >= 0.3 is 0 Å². The highest BCUT2D eigenvalue weighted by molar-refractivity contribution is 9.10. The average molecular weight is 341 g/mol. The number of hydrogen-bond acceptors (Lipinski definition) is 2. The predicted molar refractivity (Wildman–Crippen MR) is 74.2 cm³/mol. The molecule has 2 amide bonds. The van der Waals surface area contributed by atoms with Crippen LogP contribution < -0.4 is 5.32 Å². The van der Waals surface area contributed by atoms with Gasteiger partial charge in [0.15, 0.2) is 0 Å². The van der Waals surface area contributed by atoms with Crippen molar-refractivity contribution >= 4 is 27.7 Å². The number of rotatable bonds is 3. The molecule has 1 aliphatic carbocycles. The standard InChI is InChI=1S/C14H14BrFN2O2/c15-10-3-4-11(16)9(5-10)7-18-12(19)6-17-14(20)13(18)8-1-2-8/h3-5,8,13H,1-2,6-7H2,(H,17,20). The van der Waals surface area contributed by atoms with Gasteiger partial charge in [0.1, 0.15) is 11.9 Å². The predicted octanol–water partition coefficient (Wildman–Crippen LogP) is 1.83. The van der Waals surface area contributed by atoms with Crippen molar-refractivity contribution in [3.8, 4) is 0 Å². The van der Waals surface area contributed by atoms with E-state index in [1.165, 1.54) is 11.0 Å². The molecule has 1 saturated heterocycles. The van der Waals surface area contributed by atoms with Crippen molar-refractivity contribution in [1.29, 1.82) is 0 Å². The lowest BCUT2D eigenvalue weighted by Crippen LogP contribution is -2.58. The molecule has 6 heteroatoms. The summed E-state index contributed by atoms with van der Waals surface area (Å²) >= 11 is 3.30. The monoisotopic (exact) mass is 340 g/mol. The minimum Gasteiger partial charge on any atom is -0.345 e. The highest BCUT2D eigenvalue weighted by atomic mass is 79.9. The fourth-order valence-electron chi connectivity index (χ4n) is 2.58. The maximum atomic E-state index is 13.8. The van der Waals surface area contributed by atoms with Crippen molar-refractivity contribution in [3.63, 3.8) is 0 Å². The van der Waals surface area contributed by atoms with E-state index in [0.717, 1.165) is 17.3 Å². The van der Waals surface area contributed by atoms with E-state index in [1.54, 1.807) is 12.1 Å². The third kappa shape index (κ3) is 2.57. The zero-order valence-corrected chi connectivity index (χ0v) is 12.3. The van der Waals surface area contributed by atoms with Crippen LogP contribution in [0.2, 0.25) is 0 Å². The molecule has 106 valence electrons. The Balaban J connectivity index is 1.87. The smallest absolute Gasteiger partial charge is 0.243 e. The Labute approximate surface area is 124 Å². The molecule has 1 N–H and O–H groups in total. The first-order valence-electron chi connectivity index (χ1n) is 6.57. The van der Waals surface area contributed by atoms with Crippen LogP contribution >= 0.6 is 15.9 Å². The summed E-state index contributed by atoms with van der Waals surface area (Å²) in [5.41, 5.74) is 0.424. The summed E-state index contributed by atoms with van der Waals surface area (Å²) < 4.78 is 14.6. The molecule has 1 aliphatic heterocycles. The molecule has 4 nitrogen and oxygen atoms in total. The number of carbonyl (C=O) groups excluding carboxylic acids is 2. The number of hydrogen-bond donors (Lipinski definition) is 1. The van der Waals surface area contributed by atoms with Gasteiger partial charge in [0, 0.05) is 16.6 Å². The Morgan fingerprint density at radius 3 is 2.80 bits per heavy atom. The maximum Gasteiger partial charge on any atom is 0.243 e. The van der Waals surface area contributed by atoms with Crippen LogP contribution in [0.4, 0.5) is 4.39 Å². The molecule has 20 heavy (non-hydrogen) atoms. The highest BCUT2D eigenvalue weighted by Crippen LogP contribution is 2.37. The molecule has 0 radical (unpaired) electrons. The maximum absolute atomic E-state index is 13.8. The minimum absolute atomic E-state index is 0.00231. The Bertz CT molecular complexity index is 574. The topological polar surface area (TPSA) is 49.4 Å². The second kappa shape index (κ2) is 5.16. The van der Waals surface area contributed by atoms with Crippen LogP contribution in [0.5, 0.6) is 0 Å². The summed E-state index contributed by atoms with van der Waals surface area (Å²) in [4.78, 5) is 25.5. The first kappa shape index (κ1) is 13.5. The Hall–Kier alpha value is -1.43. The van der Waals surface area contributed by atoms with Gasteiger partial charge in [-0.25, -0.2) is 4.39 Å². The van der Waals surface area contributed by atoms with Gasteiger partial charge in [-0.15, -0.1) is 0 Å². The Morgan fingerprint density at radius 2 is 2.10 bits per heavy atom. The Morgan fingerprint density at radius 1 is 1.35 bits per heavy atom. The summed E-state index contributed by atoms with van der Waals surface area (Å²) in [5.74, 6) is -0.417. The van der Waals surface area contributed by atoms with Crippen molar-refractivity contribution in [2.24, 2.45) is 5.92 Å². The van der Waals surface area contributed by atoms with E-state index in [-0.39, 0.29) is 36.6 Å². The number of piperazine rings is 1. The molecule has 1 atom stereocenters. The van der Waals surface area contributed by atoms with Crippen LogP contribution in [0.15, 0.2) is 22.7 Å². The van der Waals surface area contributed by atoms with Crippen molar-refractivity contribution in [1.82, 2.24) is 10.2 Å². The van der Waals surface area contributed by atoms with Crippen LogP contribution in [0.25, 0.3) is 0 Å². The molecule has 0 aromatic heterocycles. The van der Waals surface area contributed by atoms with E-state index < -0.39 is 6.04 Å². The van der Waals surface area contributed by atoms with E-state index in [4.69, 9.17) is 0 Å². The van der Waals surface area contributed by atoms with Crippen LogP contribution in [-0.2, 0) is 16.1 Å². The number of nitrogens with one attached hydrogen (secondary N) is 1. The lowest BCUT2D eigenvalue weighted by Gasteiger charge is -2.35. The van der Waals surface area contributed by atoms with Crippen molar-refractivity contribution < 1.29 is 14.0 Å². The molecule has 1 aromatic carbocycles. The third-order valence-electron chi connectivity index (χ3n) is 3.76. The quantitative estimate of drug-likeness (QED) is 0.912. The summed E-state index contributed by atoms with van der Waals surface area (Å²) in [6.45, 7) is 0.135. The van der Waals surface area contributed by atoms with Gasteiger partial charge in [0.05, 0.1) is 6.54 Å². The lowest BCUT2D eigenvalue weighted by molar-refractivity contribution is -0.147. The van der Waals surface area contributed by atoms with Crippen LogP contribution in [-0.4, -0.2) is 29.3 Å². The molecular weight excluding hydrogens is 327 g/mol. The van der Waals surface area contributed by atoms with E-state index in [9.17, 15) is 14.0 Å². The summed E-state index contributed by atoms with van der Waals surface area (Å²) in [6, 6.07) is 4.18. The number of nitrogens with zero attached hydrogens (tertiary/aromatic N) is 1. The molecule has 1 saturated carbocycles. The number of carbonyl (C=O) groups is 2. The van der Waals surface area contributed by atoms with Gasteiger partial charge < -0.3 is 10.2 Å². The second-order valence-electron chi connectivity index (χ2n) is 5.26. The summed E-state index contributed by atoms with van der Waals surface area (Å²) in [5, 5.41) is 2.61. The van der Waals surface area contributed by atoms with Crippen molar-refractivity contribution in [2.45, 2.75) is 25.4 Å². The molecule has 2 fully saturated rings. The first-order chi connectivity index (χ1) is 9.56. The fraction of sp³-hybridized carbons (Fsp3) is 0.429. The van der Waals surface area contributed by atoms with E-state index in [1.807, 2.05) is 0 Å². The highest BCUT2D eigenvalue weighted by Gasteiger charge is 2.44. The van der Waals surface area contributed by atoms with Gasteiger partial charge in [-0.2, -0.15) is 0 Å². The fourth-order valence-corrected chi connectivity index (χ4v) is 2.99. The Kier molecular flexibility index (Phi) is 3.50. The molecule has 1 unspecified atom stereocenters. The summed E-state index contributed by atoms with van der Waals surface area (Å²) in [6.07, 6.45) is 1.89. The lowest BCUT2D eigenvalue weighted by atomic mass is 10.1. The molecule has 0 spiro atoms. The van der Waals surface area contributed by atoms with Crippen molar-refractivity contribution in [2.75, 3.05) is 6.54 Å². The molecule has 2 aliphatic rings. The minimum atomic E-state index is -0.449. The largest absolute Gasteiger partial charge is 0.345 e. The normalized spacial score (nSPS) is 22.9. The average Bonchev–Trinajstić information content (AvgIpc) is 3.22. The van der Waals surface area contributed by atoms with E-state index >= 15 is 0 Å². The molecular formula is C14H14BrFN2O2. The van der Waals surface area contributed by atoms with Crippen LogP contribution in [0.1, 0.15) is 18.4 Å². The SMILES string of the molecule is O=C1NCC(=O)N(Cc2cc(Br)ccc2F)C1C1CC1. The molecule has 1 aromatic rings. The number of benzene rings is 1. The zero-order chi connectivity index (χ0) is 14.3. The second-order valence-corrected chi connectivity index (χ2v) is 6.17. The zero-order valence-electron chi connectivity index (χ0n) is 10.7. The third-order valence-corrected chi connectivity index (χ3v) is 4.25.